The zero-order valence-corrected chi connectivity index (χ0v) is 33.1. The van der Waals surface area contributed by atoms with Gasteiger partial charge >= 0.3 is 0 Å². The van der Waals surface area contributed by atoms with Crippen molar-refractivity contribution in [3.63, 3.8) is 0 Å². The maximum absolute atomic E-state index is 14.1. The minimum atomic E-state index is -0.780. The molecule has 1 saturated heterocycles. The molecule has 1 aliphatic rings. The van der Waals surface area contributed by atoms with Crippen molar-refractivity contribution in [2.75, 3.05) is 46.5 Å². The van der Waals surface area contributed by atoms with E-state index in [4.69, 9.17) is 9.47 Å². The number of methoxy groups -OCH3 is 2. The Morgan fingerprint density at radius 2 is 1.59 bits per heavy atom. The van der Waals surface area contributed by atoms with Crippen LogP contribution < -0.4 is 16.0 Å². The van der Waals surface area contributed by atoms with Crippen molar-refractivity contribution in [1.29, 1.82) is 0 Å². The lowest BCUT2D eigenvalue weighted by Gasteiger charge is -2.41. The summed E-state index contributed by atoms with van der Waals surface area (Å²) in [7, 11) is 6.44. The first-order valence-electron chi connectivity index (χ1n) is 17.9. The van der Waals surface area contributed by atoms with Crippen molar-refractivity contribution in [1.82, 2.24) is 25.8 Å². The van der Waals surface area contributed by atoms with Crippen LogP contribution in [-0.4, -0.2) is 116 Å². The van der Waals surface area contributed by atoms with Gasteiger partial charge in [0.25, 0.3) is 0 Å². The molecular formula is C37H61F2N5O6S. The van der Waals surface area contributed by atoms with E-state index in [1.807, 2.05) is 41.5 Å². The van der Waals surface area contributed by atoms with E-state index < -0.39 is 53.9 Å². The average molecular weight is 742 g/mol. The first-order chi connectivity index (χ1) is 24.0. The molecule has 1 heterocycles. The van der Waals surface area contributed by atoms with Crippen LogP contribution in [0.4, 0.5) is 8.78 Å². The number of carbonyl (C=O) groups excluding carboxylic acids is 4. The Morgan fingerprint density at radius 3 is 2.10 bits per heavy atom. The molecule has 14 heteroatoms. The van der Waals surface area contributed by atoms with Crippen LogP contribution in [0.3, 0.4) is 0 Å². The predicted octanol–water partition coefficient (Wildman–Crippen LogP) is 3.84. The second-order valence-electron chi connectivity index (χ2n) is 14.2. The molecule has 8 atom stereocenters. The van der Waals surface area contributed by atoms with Gasteiger partial charge in [-0.2, -0.15) is 0 Å². The third-order valence-corrected chi connectivity index (χ3v) is 11.1. The number of hydrogen-bond acceptors (Lipinski definition) is 8. The Bertz CT molecular complexity index is 1290. The summed E-state index contributed by atoms with van der Waals surface area (Å²) in [6.07, 6.45) is -0.609. The standard InChI is InChI=1S/C37H61F2N5O6S/c1-12-23(6)33(43(9)37(48)32(22(4)5)42-36(47)31(40-8)21(2)3)29(49-10)18-30(45)44-20-51-19-28(44)34(50-11)24(7)35(46)41-17-16-25-26(38)14-13-15-27(25)39/h13-15,21-24,28-29,31-34,40H,12,16-20H2,1-11H3,(H,41,46)(H,42,47)/t23-,24+,28?,29+,31-,32-,33-,34+/m0/s1. The first-order valence-corrected chi connectivity index (χ1v) is 19.1. The highest BCUT2D eigenvalue weighted by Crippen LogP contribution is 2.31. The lowest BCUT2D eigenvalue weighted by Crippen LogP contribution is -2.59. The number of hydrogen-bond donors (Lipinski definition) is 3. The molecule has 1 aromatic carbocycles. The van der Waals surface area contributed by atoms with Crippen molar-refractivity contribution >= 4 is 35.4 Å². The van der Waals surface area contributed by atoms with Gasteiger partial charge in [-0.1, -0.05) is 61.0 Å². The van der Waals surface area contributed by atoms with Crippen LogP contribution in [0.15, 0.2) is 18.2 Å². The first kappa shape index (κ1) is 44.4. The molecule has 1 unspecified atom stereocenters. The highest BCUT2D eigenvalue weighted by Gasteiger charge is 2.43. The van der Waals surface area contributed by atoms with Crippen LogP contribution in [0.25, 0.3) is 0 Å². The van der Waals surface area contributed by atoms with Gasteiger partial charge in [0.15, 0.2) is 0 Å². The maximum Gasteiger partial charge on any atom is 0.245 e. The molecule has 3 N–H and O–H groups in total. The quantitative estimate of drug-likeness (QED) is 0.184. The Morgan fingerprint density at radius 1 is 0.980 bits per heavy atom. The van der Waals surface area contributed by atoms with Crippen LogP contribution in [0.5, 0.6) is 0 Å². The van der Waals surface area contributed by atoms with Gasteiger partial charge in [0.1, 0.15) is 17.7 Å². The fourth-order valence-electron chi connectivity index (χ4n) is 6.84. The number of thioether (sulfide) groups is 1. The summed E-state index contributed by atoms with van der Waals surface area (Å²) in [4.78, 5) is 57.8. The van der Waals surface area contributed by atoms with Gasteiger partial charge in [0.2, 0.25) is 23.6 Å². The molecule has 51 heavy (non-hydrogen) atoms. The molecule has 0 spiro atoms. The number of rotatable bonds is 20. The van der Waals surface area contributed by atoms with E-state index in [1.54, 1.807) is 42.6 Å². The largest absolute Gasteiger partial charge is 0.379 e. The fourth-order valence-corrected chi connectivity index (χ4v) is 8.08. The SMILES string of the molecule is CC[C@H](C)[C@@H]([C@@H](CC(=O)N1CSCC1[C@H](OC)[C@@H](C)C(=O)NCCc1c(F)cccc1F)OC)N(C)C(=O)[C@@H](NC(=O)[C@@H](NC)C(C)C)C(C)C. The molecule has 0 aromatic heterocycles. The lowest BCUT2D eigenvalue weighted by molar-refractivity contribution is -0.147. The molecule has 4 amide bonds. The zero-order valence-electron chi connectivity index (χ0n) is 32.3. The highest BCUT2D eigenvalue weighted by atomic mass is 32.2. The van der Waals surface area contributed by atoms with E-state index >= 15 is 0 Å². The lowest BCUT2D eigenvalue weighted by atomic mass is 9.89. The third-order valence-electron chi connectivity index (χ3n) is 10.1. The summed E-state index contributed by atoms with van der Waals surface area (Å²) in [6.45, 7) is 13.4. The molecule has 1 aliphatic heterocycles. The van der Waals surface area contributed by atoms with Crippen LogP contribution in [0, 0.1) is 35.3 Å². The van der Waals surface area contributed by atoms with Gasteiger partial charge in [-0.15, -0.1) is 11.8 Å². The summed E-state index contributed by atoms with van der Waals surface area (Å²) in [5, 5.41) is 8.75. The minimum absolute atomic E-state index is 0.0100. The van der Waals surface area contributed by atoms with E-state index in [2.05, 4.69) is 16.0 Å². The highest BCUT2D eigenvalue weighted by molar-refractivity contribution is 7.99. The van der Waals surface area contributed by atoms with Crippen molar-refractivity contribution < 1.29 is 37.4 Å². The van der Waals surface area contributed by atoms with Gasteiger partial charge < -0.3 is 35.2 Å². The van der Waals surface area contributed by atoms with Crippen LogP contribution in [0.1, 0.15) is 66.9 Å². The topological polar surface area (TPSA) is 129 Å². The van der Waals surface area contributed by atoms with Gasteiger partial charge in [0, 0.05) is 39.1 Å². The fraction of sp³-hybridized carbons (Fsp3) is 0.730. The van der Waals surface area contributed by atoms with Crippen molar-refractivity contribution in [2.45, 2.75) is 104 Å². The van der Waals surface area contributed by atoms with Crippen LogP contribution in [0.2, 0.25) is 0 Å². The van der Waals surface area contributed by atoms with Crippen molar-refractivity contribution in [3.05, 3.63) is 35.4 Å². The zero-order chi connectivity index (χ0) is 38.6. The number of likely N-dealkylation sites (N-methyl/N-ethyl adjacent to an activating group) is 2. The average Bonchev–Trinajstić information content (AvgIpc) is 3.57. The predicted molar refractivity (Wildman–Crippen MR) is 197 cm³/mol. The summed E-state index contributed by atoms with van der Waals surface area (Å²) in [5.74, 6) is -2.33. The Hall–Kier alpha value is -2.81. The number of amides is 4. The Balaban J connectivity index is 2.21. The van der Waals surface area contributed by atoms with Crippen molar-refractivity contribution in [3.8, 4) is 0 Å². The summed E-state index contributed by atoms with van der Waals surface area (Å²) < 4.78 is 39.9. The van der Waals surface area contributed by atoms with E-state index in [0.29, 0.717) is 18.1 Å². The molecular weight excluding hydrogens is 680 g/mol. The molecule has 0 aliphatic carbocycles. The van der Waals surface area contributed by atoms with Crippen LogP contribution in [-0.2, 0) is 35.1 Å². The normalized spacial score (nSPS) is 18.9. The Labute approximate surface area is 307 Å². The second-order valence-corrected chi connectivity index (χ2v) is 15.2. The number of benzene rings is 1. The van der Waals surface area contributed by atoms with Crippen molar-refractivity contribution in [2.24, 2.45) is 23.7 Å². The Kier molecular flexibility index (Phi) is 18.3. The number of carbonyl (C=O) groups is 4. The molecule has 1 aromatic rings. The molecule has 11 nitrogen and oxygen atoms in total. The van der Waals surface area contributed by atoms with Crippen LogP contribution >= 0.6 is 11.8 Å². The van der Waals surface area contributed by atoms with Gasteiger partial charge in [0.05, 0.1) is 48.5 Å². The molecule has 0 bridgehead atoms. The molecule has 0 radical (unpaired) electrons. The molecule has 290 valence electrons. The number of halogens is 2. The maximum atomic E-state index is 14.1. The third kappa shape index (κ3) is 11.6. The minimum Gasteiger partial charge on any atom is -0.379 e. The summed E-state index contributed by atoms with van der Waals surface area (Å²) >= 11 is 1.55. The molecule has 1 fully saturated rings. The smallest absolute Gasteiger partial charge is 0.245 e. The monoisotopic (exact) mass is 741 g/mol. The van der Waals surface area contributed by atoms with E-state index in [9.17, 15) is 28.0 Å². The van der Waals surface area contributed by atoms with E-state index in [1.165, 1.54) is 32.4 Å². The summed E-state index contributed by atoms with van der Waals surface area (Å²) in [5.41, 5.74) is -0.0912. The summed E-state index contributed by atoms with van der Waals surface area (Å²) in [6, 6.07) is 1.51. The number of nitrogens with one attached hydrogen (secondary N) is 3. The number of ether oxygens (including phenoxy) is 2. The van der Waals surface area contributed by atoms with Gasteiger partial charge in [-0.3, -0.25) is 19.2 Å². The molecule has 0 saturated carbocycles. The van der Waals surface area contributed by atoms with Gasteiger partial charge in [-0.25, -0.2) is 8.78 Å². The van der Waals surface area contributed by atoms with E-state index in [0.717, 1.165) is 0 Å². The van der Waals surface area contributed by atoms with Gasteiger partial charge in [-0.05, 0) is 43.4 Å². The molecule has 2 rings (SSSR count). The van der Waals surface area contributed by atoms with E-state index in [-0.39, 0.29) is 66.3 Å². The second kappa shape index (κ2) is 21.0. The number of nitrogens with zero attached hydrogens (tertiary/aromatic N) is 2.